The summed E-state index contributed by atoms with van der Waals surface area (Å²) in [5.41, 5.74) is 4.05. The first kappa shape index (κ1) is 11.0. The van der Waals surface area contributed by atoms with E-state index in [4.69, 9.17) is 11.6 Å². The fraction of sp³-hybridized carbons (Fsp3) is 0.250. The first-order chi connectivity index (χ1) is 7.63. The number of alkyl halides is 1. The molecular formula is C12H13ClN2O. The van der Waals surface area contributed by atoms with Gasteiger partial charge >= 0.3 is 0 Å². The van der Waals surface area contributed by atoms with Crippen LogP contribution in [0.5, 0.6) is 0 Å². The molecule has 0 unspecified atom stereocenters. The van der Waals surface area contributed by atoms with Crippen LogP contribution >= 0.6 is 11.6 Å². The average molecular weight is 237 g/mol. The monoisotopic (exact) mass is 236 g/mol. The summed E-state index contributed by atoms with van der Waals surface area (Å²) in [5, 5.41) is 3.90. The maximum Gasteiger partial charge on any atom is 0.239 e. The number of aryl methyl sites for hydroxylation is 2. The van der Waals surface area contributed by atoms with Gasteiger partial charge in [0, 0.05) is 11.1 Å². The quantitative estimate of drug-likeness (QED) is 0.774. The van der Waals surface area contributed by atoms with Crippen LogP contribution in [0.15, 0.2) is 18.2 Å². The van der Waals surface area contributed by atoms with E-state index in [-0.39, 0.29) is 11.8 Å². The zero-order chi connectivity index (χ0) is 11.7. The highest BCUT2D eigenvalue weighted by Crippen LogP contribution is 2.27. The lowest BCUT2D eigenvalue weighted by Gasteiger charge is -2.04. The molecule has 0 atom stereocenters. The number of H-pyrrole nitrogens is 1. The van der Waals surface area contributed by atoms with Crippen molar-refractivity contribution in [1.29, 1.82) is 0 Å². The third kappa shape index (κ3) is 1.78. The Balaban J connectivity index is 2.54. The van der Waals surface area contributed by atoms with Crippen LogP contribution in [0.2, 0.25) is 0 Å². The van der Waals surface area contributed by atoms with E-state index in [9.17, 15) is 4.79 Å². The Labute approximate surface area is 98.8 Å². The summed E-state index contributed by atoms with van der Waals surface area (Å²) in [5.74, 6) is -0.228. The average Bonchev–Trinajstić information content (AvgIpc) is 2.57. The molecule has 1 heterocycles. The van der Waals surface area contributed by atoms with E-state index >= 15 is 0 Å². The van der Waals surface area contributed by atoms with Gasteiger partial charge in [0.15, 0.2) is 0 Å². The Bertz CT molecular complexity index is 545. The summed E-state index contributed by atoms with van der Waals surface area (Å²) in [6.07, 6.45) is 0. The van der Waals surface area contributed by atoms with Crippen LogP contribution < -0.4 is 5.32 Å². The number of rotatable bonds is 2. The molecule has 1 aromatic heterocycles. The van der Waals surface area contributed by atoms with E-state index in [2.05, 4.69) is 17.2 Å². The molecule has 84 valence electrons. The maximum absolute atomic E-state index is 11.3. The van der Waals surface area contributed by atoms with Gasteiger partial charge in [0.25, 0.3) is 0 Å². The number of fused-ring (bicyclic) bond motifs is 1. The number of hydrogen-bond donors (Lipinski definition) is 2. The second-order valence-corrected chi connectivity index (χ2v) is 4.05. The van der Waals surface area contributed by atoms with Gasteiger partial charge in [-0.05, 0) is 25.5 Å². The third-order valence-electron chi connectivity index (χ3n) is 2.74. The Morgan fingerprint density at radius 1 is 1.44 bits per heavy atom. The van der Waals surface area contributed by atoms with Crippen molar-refractivity contribution in [3.8, 4) is 0 Å². The van der Waals surface area contributed by atoms with Crippen molar-refractivity contribution < 1.29 is 4.79 Å². The minimum Gasteiger partial charge on any atom is -0.357 e. The number of anilines is 1. The fourth-order valence-corrected chi connectivity index (χ4v) is 1.84. The van der Waals surface area contributed by atoms with E-state index in [1.54, 1.807) is 0 Å². The number of aromatic nitrogens is 1. The van der Waals surface area contributed by atoms with Gasteiger partial charge in [0.05, 0.1) is 11.2 Å². The molecule has 4 heteroatoms. The van der Waals surface area contributed by atoms with E-state index < -0.39 is 0 Å². The Morgan fingerprint density at radius 3 is 2.88 bits per heavy atom. The van der Waals surface area contributed by atoms with Gasteiger partial charge < -0.3 is 10.3 Å². The lowest BCUT2D eigenvalue weighted by molar-refractivity contribution is -0.113. The van der Waals surface area contributed by atoms with Gasteiger partial charge in [0.2, 0.25) is 5.91 Å². The van der Waals surface area contributed by atoms with Crippen LogP contribution in [0.4, 0.5) is 5.69 Å². The summed E-state index contributed by atoms with van der Waals surface area (Å²) in [6, 6.07) is 5.82. The van der Waals surface area contributed by atoms with Gasteiger partial charge in [-0.25, -0.2) is 0 Å². The van der Waals surface area contributed by atoms with Crippen LogP contribution in [-0.2, 0) is 4.79 Å². The molecule has 2 rings (SSSR count). The first-order valence-electron chi connectivity index (χ1n) is 5.07. The predicted octanol–water partition coefficient (Wildman–Crippen LogP) is 2.96. The van der Waals surface area contributed by atoms with Crippen molar-refractivity contribution in [3.05, 3.63) is 29.5 Å². The van der Waals surface area contributed by atoms with Crippen molar-refractivity contribution in [1.82, 2.24) is 4.98 Å². The molecule has 0 fully saturated rings. The minimum absolute atomic E-state index is 0.0327. The highest BCUT2D eigenvalue weighted by atomic mass is 35.5. The fourth-order valence-electron chi connectivity index (χ4n) is 1.77. The second-order valence-electron chi connectivity index (χ2n) is 3.78. The Kier molecular flexibility index (Phi) is 2.88. The lowest BCUT2D eigenvalue weighted by Crippen LogP contribution is -2.12. The SMILES string of the molecule is Cc1[nH]c2c(NC(=O)CCl)cccc2c1C. The van der Waals surface area contributed by atoms with Crippen molar-refractivity contribution >= 4 is 34.1 Å². The van der Waals surface area contributed by atoms with Gasteiger partial charge in [-0.15, -0.1) is 11.6 Å². The summed E-state index contributed by atoms with van der Waals surface area (Å²) in [4.78, 5) is 14.5. The number of halogens is 1. The smallest absolute Gasteiger partial charge is 0.239 e. The highest BCUT2D eigenvalue weighted by Gasteiger charge is 2.09. The van der Waals surface area contributed by atoms with E-state index in [0.717, 1.165) is 22.3 Å². The molecule has 0 saturated carbocycles. The van der Waals surface area contributed by atoms with E-state index in [0.29, 0.717) is 0 Å². The predicted molar refractivity (Wildman–Crippen MR) is 67.1 cm³/mol. The van der Waals surface area contributed by atoms with E-state index in [1.165, 1.54) is 5.56 Å². The number of aromatic amines is 1. The molecule has 3 nitrogen and oxygen atoms in total. The normalized spacial score (nSPS) is 10.7. The van der Waals surface area contributed by atoms with Crippen LogP contribution in [0.25, 0.3) is 10.9 Å². The lowest BCUT2D eigenvalue weighted by atomic mass is 10.1. The number of carbonyl (C=O) groups excluding carboxylic acids is 1. The van der Waals surface area contributed by atoms with Crippen molar-refractivity contribution in [3.63, 3.8) is 0 Å². The standard InChI is InChI=1S/C12H13ClN2O/c1-7-8(2)14-12-9(7)4-3-5-10(12)15-11(16)6-13/h3-5,14H,6H2,1-2H3,(H,15,16). The van der Waals surface area contributed by atoms with Crippen molar-refractivity contribution in [2.45, 2.75) is 13.8 Å². The molecule has 1 aromatic carbocycles. The molecule has 1 amide bonds. The maximum atomic E-state index is 11.3. The molecule has 0 aliphatic carbocycles. The molecule has 0 radical (unpaired) electrons. The number of benzene rings is 1. The Hall–Kier alpha value is -1.48. The molecule has 16 heavy (non-hydrogen) atoms. The minimum atomic E-state index is -0.195. The molecule has 0 aliphatic heterocycles. The van der Waals surface area contributed by atoms with E-state index in [1.807, 2.05) is 25.1 Å². The van der Waals surface area contributed by atoms with Crippen LogP contribution in [-0.4, -0.2) is 16.8 Å². The third-order valence-corrected chi connectivity index (χ3v) is 2.98. The molecule has 0 saturated heterocycles. The van der Waals surface area contributed by atoms with Gasteiger partial charge in [0.1, 0.15) is 5.88 Å². The second kappa shape index (κ2) is 4.18. The summed E-state index contributed by atoms with van der Waals surface area (Å²) >= 11 is 5.47. The molecule has 0 spiro atoms. The summed E-state index contributed by atoms with van der Waals surface area (Å²) < 4.78 is 0. The molecular weight excluding hydrogens is 224 g/mol. The number of nitrogens with one attached hydrogen (secondary N) is 2. The largest absolute Gasteiger partial charge is 0.357 e. The zero-order valence-corrected chi connectivity index (χ0v) is 9.98. The van der Waals surface area contributed by atoms with Gasteiger partial charge in [-0.3, -0.25) is 4.79 Å². The number of amides is 1. The first-order valence-corrected chi connectivity index (χ1v) is 5.60. The molecule has 2 N–H and O–H groups in total. The summed E-state index contributed by atoms with van der Waals surface area (Å²) in [6.45, 7) is 4.07. The number of para-hydroxylation sites is 1. The van der Waals surface area contributed by atoms with Crippen molar-refractivity contribution in [2.24, 2.45) is 0 Å². The van der Waals surface area contributed by atoms with Crippen LogP contribution in [0.1, 0.15) is 11.3 Å². The molecule has 0 bridgehead atoms. The molecule has 0 aliphatic rings. The molecule has 2 aromatic rings. The number of carbonyl (C=O) groups is 1. The summed E-state index contributed by atoms with van der Waals surface area (Å²) in [7, 11) is 0. The van der Waals surface area contributed by atoms with Crippen molar-refractivity contribution in [2.75, 3.05) is 11.2 Å². The van der Waals surface area contributed by atoms with Crippen LogP contribution in [0, 0.1) is 13.8 Å². The van der Waals surface area contributed by atoms with Gasteiger partial charge in [-0.1, -0.05) is 12.1 Å². The number of hydrogen-bond acceptors (Lipinski definition) is 1. The Morgan fingerprint density at radius 2 is 2.19 bits per heavy atom. The highest BCUT2D eigenvalue weighted by molar-refractivity contribution is 6.29. The van der Waals surface area contributed by atoms with Gasteiger partial charge in [-0.2, -0.15) is 0 Å². The topological polar surface area (TPSA) is 44.9 Å². The van der Waals surface area contributed by atoms with Crippen LogP contribution in [0.3, 0.4) is 0 Å². The zero-order valence-electron chi connectivity index (χ0n) is 9.23.